The number of piperidine rings is 1. The minimum Gasteiger partial charge on any atom is -0.443 e. The number of likely N-dealkylation sites (tertiary alicyclic amines) is 1. The van der Waals surface area contributed by atoms with Crippen LogP contribution < -0.4 is 5.32 Å². The maximum absolute atomic E-state index is 13.0. The summed E-state index contributed by atoms with van der Waals surface area (Å²) >= 11 is 0. The minimum atomic E-state index is -0.413. The van der Waals surface area contributed by atoms with Crippen LogP contribution in [0.2, 0.25) is 0 Å². The first kappa shape index (κ1) is 20.5. The highest BCUT2D eigenvalue weighted by Crippen LogP contribution is 2.38. The fourth-order valence-electron chi connectivity index (χ4n) is 4.45. The number of benzene rings is 2. The molecule has 0 aliphatic carbocycles. The molecule has 2 aromatic carbocycles. The lowest BCUT2D eigenvalue weighted by atomic mass is 9.82. The summed E-state index contributed by atoms with van der Waals surface area (Å²) in [6.45, 7) is 2.52. The Morgan fingerprint density at radius 1 is 1.10 bits per heavy atom. The van der Waals surface area contributed by atoms with E-state index in [4.69, 9.17) is 4.74 Å². The van der Waals surface area contributed by atoms with Gasteiger partial charge in [0.15, 0.2) is 5.78 Å². The highest BCUT2D eigenvalue weighted by atomic mass is 19.1. The van der Waals surface area contributed by atoms with Gasteiger partial charge in [0, 0.05) is 44.3 Å². The van der Waals surface area contributed by atoms with Crippen LogP contribution in [0.1, 0.15) is 54.1 Å². The lowest BCUT2D eigenvalue weighted by Crippen LogP contribution is -2.54. The van der Waals surface area contributed by atoms with E-state index >= 15 is 0 Å². The van der Waals surface area contributed by atoms with Crippen LogP contribution in [0.25, 0.3) is 0 Å². The molecule has 0 saturated carbocycles. The molecule has 158 valence electrons. The predicted molar refractivity (Wildman–Crippen MR) is 112 cm³/mol. The zero-order chi connectivity index (χ0) is 21.0. The second-order valence-corrected chi connectivity index (χ2v) is 8.26. The van der Waals surface area contributed by atoms with E-state index in [0.717, 1.165) is 50.9 Å². The summed E-state index contributed by atoms with van der Waals surface area (Å²) in [5, 5.41) is 2.95. The molecule has 0 bridgehead atoms. The maximum Gasteiger partial charge on any atom is 0.408 e. The topological polar surface area (TPSA) is 58.6 Å². The van der Waals surface area contributed by atoms with Gasteiger partial charge in [0.25, 0.3) is 0 Å². The molecule has 0 aromatic heterocycles. The Morgan fingerprint density at radius 3 is 2.50 bits per heavy atom. The van der Waals surface area contributed by atoms with E-state index in [1.165, 1.54) is 24.3 Å². The lowest BCUT2D eigenvalue weighted by molar-refractivity contribution is -0.0657. The van der Waals surface area contributed by atoms with E-state index in [9.17, 15) is 14.0 Å². The maximum atomic E-state index is 13.0. The zero-order valence-electron chi connectivity index (χ0n) is 17.0. The molecule has 1 amide bonds. The van der Waals surface area contributed by atoms with Gasteiger partial charge in [-0.05, 0) is 42.8 Å². The number of carbonyl (C=O) groups is 2. The summed E-state index contributed by atoms with van der Waals surface area (Å²) in [6.07, 6.45) is 3.25. The van der Waals surface area contributed by atoms with E-state index in [-0.39, 0.29) is 23.7 Å². The fraction of sp³-hybridized carbons (Fsp3) is 0.417. The Bertz CT molecular complexity index is 877. The van der Waals surface area contributed by atoms with Crippen LogP contribution in [0.5, 0.6) is 0 Å². The van der Waals surface area contributed by atoms with Crippen LogP contribution in [0.3, 0.4) is 0 Å². The fourth-order valence-corrected chi connectivity index (χ4v) is 4.45. The molecule has 1 spiro atoms. The van der Waals surface area contributed by atoms with E-state index in [2.05, 4.69) is 10.2 Å². The molecule has 4 rings (SSSR count). The Kier molecular flexibility index (Phi) is 6.13. The molecule has 0 radical (unpaired) electrons. The normalized spacial score (nSPS) is 21.1. The largest absolute Gasteiger partial charge is 0.443 e. The summed E-state index contributed by atoms with van der Waals surface area (Å²) in [4.78, 5) is 26.8. The second kappa shape index (κ2) is 8.96. The number of Topliss-reactive ketones (excluding diaryl/α,β-unsaturated/α-hetero) is 1. The third kappa shape index (κ3) is 4.87. The molecule has 2 aromatic rings. The molecule has 2 aliphatic rings. The molecule has 30 heavy (non-hydrogen) atoms. The Morgan fingerprint density at radius 2 is 1.80 bits per heavy atom. The van der Waals surface area contributed by atoms with Gasteiger partial charge in [-0.2, -0.15) is 0 Å². The molecule has 2 saturated heterocycles. The average molecular weight is 410 g/mol. The van der Waals surface area contributed by atoms with E-state index < -0.39 is 5.60 Å². The van der Waals surface area contributed by atoms with Gasteiger partial charge in [-0.15, -0.1) is 0 Å². The number of hydrogen-bond acceptors (Lipinski definition) is 4. The van der Waals surface area contributed by atoms with Crippen LogP contribution in [0.4, 0.5) is 9.18 Å². The Labute approximate surface area is 176 Å². The number of nitrogens with one attached hydrogen (secondary N) is 1. The van der Waals surface area contributed by atoms with Crippen molar-refractivity contribution < 1.29 is 18.7 Å². The first-order chi connectivity index (χ1) is 14.5. The summed E-state index contributed by atoms with van der Waals surface area (Å²) in [5.41, 5.74) is 1.25. The van der Waals surface area contributed by atoms with Crippen LogP contribution in [-0.2, 0) is 4.74 Å². The SMILES string of the molecule is O=C1NC(c2ccccc2)CC2(CCN(CCCC(=O)c3ccc(F)cc3)CC2)O1. The van der Waals surface area contributed by atoms with Crippen molar-refractivity contribution in [1.82, 2.24) is 10.2 Å². The molecule has 2 heterocycles. The zero-order valence-corrected chi connectivity index (χ0v) is 17.0. The molecule has 1 atom stereocenters. The number of alkyl carbamates (subject to hydrolysis) is 1. The van der Waals surface area contributed by atoms with Crippen molar-refractivity contribution >= 4 is 11.9 Å². The number of ether oxygens (including phenoxy) is 1. The molecular formula is C24H27FN2O3. The molecule has 1 unspecified atom stereocenters. The van der Waals surface area contributed by atoms with Gasteiger partial charge in [0.2, 0.25) is 0 Å². The number of rotatable bonds is 6. The van der Waals surface area contributed by atoms with E-state index in [0.29, 0.717) is 12.0 Å². The van der Waals surface area contributed by atoms with E-state index in [1.807, 2.05) is 30.3 Å². The van der Waals surface area contributed by atoms with Gasteiger partial charge < -0.3 is 15.0 Å². The van der Waals surface area contributed by atoms with Crippen molar-refractivity contribution in [2.45, 2.75) is 43.7 Å². The van der Waals surface area contributed by atoms with Crippen LogP contribution in [-0.4, -0.2) is 42.0 Å². The average Bonchev–Trinajstić information content (AvgIpc) is 2.76. The number of nitrogens with zero attached hydrogens (tertiary/aromatic N) is 1. The number of carbonyl (C=O) groups excluding carboxylic acids is 2. The standard InChI is InChI=1S/C24H27FN2O3/c25-20-10-8-19(9-11-20)22(28)7-4-14-27-15-12-24(13-16-27)17-21(26-23(29)30-24)18-5-2-1-3-6-18/h1-3,5-6,8-11,21H,4,7,12-17H2,(H,26,29). The number of amides is 1. The number of ketones is 1. The third-order valence-electron chi connectivity index (χ3n) is 6.19. The highest BCUT2D eigenvalue weighted by molar-refractivity contribution is 5.95. The summed E-state index contributed by atoms with van der Waals surface area (Å²) in [7, 11) is 0. The first-order valence-corrected chi connectivity index (χ1v) is 10.6. The van der Waals surface area contributed by atoms with E-state index in [1.54, 1.807) is 0 Å². The summed E-state index contributed by atoms with van der Waals surface area (Å²) < 4.78 is 18.8. The van der Waals surface area contributed by atoms with Gasteiger partial charge in [0.1, 0.15) is 11.4 Å². The van der Waals surface area contributed by atoms with Crippen LogP contribution in [0, 0.1) is 5.82 Å². The summed E-state index contributed by atoms with van der Waals surface area (Å²) in [5.74, 6) is -0.289. The molecular weight excluding hydrogens is 383 g/mol. The molecule has 1 N–H and O–H groups in total. The first-order valence-electron chi connectivity index (χ1n) is 10.6. The Balaban J connectivity index is 1.26. The van der Waals surface area contributed by atoms with Crippen molar-refractivity contribution in [2.24, 2.45) is 0 Å². The highest BCUT2D eigenvalue weighted by Gasteiger charge is 2.44. The predicted octanol–water partition coefficient (Wildman–Crippen LogP) is 4.49. The number of halogens is 1. The van der Waals surface area contributed by atoms with Crippen LogP contribution in [0.15, 0.2) is 54.6 Å². The van der Waals surface area contributed by atoms with Crippen molar-refractivity contribution in [1.29, 1.82) is 0 Å². The summed E-state index contributed by atoms with van der Waals surface area (Å²) in [6, 6.07) is 15.7. The van der Waals surface area contributed by atoms with Gasteiger partial charge in [-0.1, -0.05) is 30.3 Å². The van der Waals surface area contributed by atoms with Crippen molar-refractivity contribution in [2.75, 3.05) is 19.6 Å². The Hall–Kier alpha value is -2.73. The monoisotopic (exact) mass is 410 g/mol. The minimum absolute atomic E-state index is 0.0210. The van der Waals surface area contributed by atoms with Crippen molar-refractivity contribution in [3.63, 3.8) is 0 Å². The smallest absolute Gasteiger partial charge is 0.408 e. The molecule has 5 nitrogen and oxygen atoms in total. The lowest BCUT2D eigenvalue weighted by Gasteiger charge is -2.45. The molecule has 2 aliphatic heterocycles. The van der Waals surface area contributed by atoms with Crippen molar-refractivity contribution in [3.8, 4) is 0 Å². The van der Waals surface area contributed by atoms with Gasteiger partial charge in [-0.3, -0.25) is 4.79 Å². The number of hydrogen-bond donors (Lipinski definition) is 1. The quantitative estimate of drug-likeness (QED) is 0.713. The van der Waals surface area contributed by atoms with Gasteiger partial charge in [-0.25, -0.2) is 9.18 Å². The van der Waals surface area contributed by atoms with Crippen molar-refractivity contribution in [3.05, 3.63) is 71.5 Å². The molecule has 6 heteroatoms. The third-order valence-corrected chi connectivity index (χ3v) is 6.19. The second-order valence-electron chi connectivity index (χ2n) is 8.26. The van der Waals surface area contributed by atoms with Crippen LogP contribution >= 0.6 is 0 Å². The van der Waals surface area contributed by atoms with Gasteiger partial charge >= 0.3 is 6.09 Å². The molecule has 2 fully saturated rings. The van der Waals surface area contributed by atoms with Gasteiger partial charge in [0.05, 0.1) is 6.04 Å².